The van der Waals surface area contributed by atoms with Crippen LogP contribution in [0.5, 0.6) is 0 Å². The van der Waals surface area contributed by atoms with Crippen LogP contribution in [0.4, 0.5) is 0 Å². The van der Waals surface area contributed by atoms with Gasteiger partial charge in [0.05, 0.1) is 4.90 Å². The van der Waals surface area contributed by atoms with E-state index in [-0.39, 0.29) is 24.4 Å². The Labute approximate surface area is 213 Å². The van der Waals surface area contributed by atoms with Gasteiger partial charge in [0.15, 0.2) is 0 Å². The molecule has 0 amide bonds. The molecule has 9 heteroatoms. The van der Waals surface area contributed by atoms with Crippen molar-refractivity contribution in [3.8, 4) is 10.6 Å². The minimum absolute atomic E-state index is 0.0156. The Morgan fingerprint density at radius 2 is 1.63 bits per heavy atom. The normalized spacial score (nSPS) is 11.6. The van der Waals surface area contributed by atoms with Crippen molar-refractivity contribution in [1.29, 1.82) is 0 Å². The minimum Gasteiger partial charge on any atom is -0.481 e. The molecule has 0 radical (unpaired) electrons. The number of carboxylic acid groups (broad SMARTS) is 1. The Morgan fingerprint density at radius 1 is 0.943 bits per heavy atom. The molecule has 1 N–H and O–H groups in total. The molecule has 1 heterocycles. The SMILES string of the molecule is O=C(O)CCc1cccc(CN(Cc2ccc(-c3nccs3)cc2)S(=O)(=O)c2ccc(Cl)cc2)c1. The number of benzene rings is 3. The third kappa shape index (κ3) is 6.55. The molecule has 0 aliphatic rings. The Hall–Kier alpha value is -3.04. The number of sulfonamides is 1. The second-order valence-corrected chi connectivity index (χ2v) is 11.2. The van der Waals surface area contributed by atoms with Crippen LogP contribution in [0.15, 0.2) is 89.3 Å². The van der Waals surface area contributed by atoms with Gasteiger partial charge in [-0.15, -0.1) is 11.3 Å². The van der Waals surface area contributed by atoms with E-state index in [2.05, 4.69) is 4.98 Å². The smallest absolute Gasteiger partial charge is 0.303 e. The fourth-order valence-electron chi connectivity index (χ4n) is 3.64. The van der Waals surface area contributed by atoms with E-state index in [1.54, 1.807) is 29.7 Å². The molecular formula is C26H23ClN2O4S2. The number of hydrogen-bond donors (Lipinski definition) is 1. The van der Waals surface area contributed by atoms with Crippen molar-refractivity contribution in [2.45, 2.75) is 30.8 Å². The third-order valence-electron chi connectivity index (χ3n) is 5.42. The largest absolute Gasteiger partial charge is 0.481 e. The Kier molecular flexibility index (Phi) is 7.97. The molecule has 0 atom stereocenters. The summed E-state index contributed by atoms with van der Waals surface area (Å²) in [4.78, 5) is 15.4. The first-order valence-electron chi connectivity index (χ1n) is 10.9. The summed E-state index contributed by atoms with van der Waals surface area (Å²) in [6, 6.07) is 21.2. The molecule has 0 saturated heterocycles. The number of halogens is 1. The fourth-order valence-corrected chi connectivity index (χ4v) is 5.83. The van der Waals surface area contributed by atoms with E-state index in [4.69, 9.17) is 16.7 Å². The van der Waals surface area contributed by atoms with Gasteiger partial charge in [-0.1, -0.05) is 60.1 Å². The van der Waals surface area contributed by atoms with Crippen LogP contribution in [0.2, 0.25) is 5.02 Å². The summed E-state index contributed by atoms with van der Waals surface area (Å²) < 4.78 is 28.6. The molecule has 0 aliphatic carbocycles. The molecule has 35 heavy (non-hydrogen) atoms. The molecule has 0 unspecified atom stereocenters. The maximum absolute atomic E-state index is 13.6. The molecule has 6 nitrogen and oxygen atoms in total. The standard InChI is InChI=1S/C26H23ClN2O4S2/c27-23-9-11-24(12-10-23)35(32,33)29(18-21-3-1-2-19(16-21)6-13-25(30)31)17-20-4-7-22(8-5-20)26-28-14-15-34-26/h1-5,7-12,14-16H,6,13,17-18H2,(H,30,31). The molecule has 4 rings (SSSR count). The van der Waals surface area contributed by atoms with Gasteiger partial charge in [0, 0.05) is 41.7 Å². The zero-order chi connectivity index (χ0) is 24.8. The van der Waals surface area contributed by atoms with E-state index in [1.165, 1.54) is 16.4 Å². The van der Waals surface area contributed by atoms with Gasteiger partial charge >= 0.3 is 5.97 Å². The van der Waals surface area contributed by atoms with E-state index in [9.17, 15) is 13.2 Å². The molecular weight excluding hydrogens is 504 g/mol. The average molecular weight is 527 g/mol. The van der Waals surface area contributed by atoms with E-state index in [0.29, 0.717) is 11.4 Å². The van der Waals surface area contributed by atoms with Crippen LogP contribution in [0.25, 0.3) is 10.6 Å². The van der Waals surface area contributed by atoms with Gasteiger partial charge in [-0.25, -0.2) is 13.4 Å². The van der Waals surface area contributed by atoms with Gasteiger partial charge < -0.3 is 5.11 Å². The zero-order valence-corrected chi connectivity index (χ0v) is 21.1. The molecule has 180 valence electrons. The van der Waals surface area contributed by atoms with Crippen molar-refractivity contribution < 1.29 is 18.3 Å². The highest BCUT2D eigenvalue weighted by molar-refractivity contribution is 7.89. The Bertz CT molecular complexity index is 1390. The first kappa shape index (κ1) is 25.1. The zero-order valence-electron chi connectivity index (χ0n) is 18.7. The monoisotopic (exact) mass is 526 g/mol. The third-order valence-corrected chi connectivity index (χ3v) is 8.30. The van der Waals surface area contributed by atoms with Crippen molar-refractivity contribution in [1.82, 2.24) is 9.29 Å². The molecule has 0 saturated carbocycles. The number of rotatable bonds is 10. The number of aryl methyl sites for hydroxylation is 1. The number of nitrogens with zero attached hydrogens (tertiary/aromatic N) is 2. The maximum Gasteiger partial charge on any atom is 0.303 e. The van der Waals surface area contributed by atoms with E-state index in [0.717, 1.165) is 27.3 Å². The lowest BCUT2D eigenvalue weighted by Gasteiger charge is -2.23. The maximum atomic E-state index is 13.6. The van der Waals surface area contributed by atoms with Crippen molar-refractivity contribution in [3.05, 3.63) is 106 Å². The summed E-state index contributed by atoms with van der Waals surface area (Å²) in [5.74, 6) is -0.872. The van der Waals surface area contributed by atoms with Crippen LogP contribution < -0.4 is 0 Å². The summed E-state index contributed by atoms with van der Waals surface area (Å²) in [5, 5.41) is 12.3. The molecule has 0 fully saturated rings. The second kappa shape index (κ2) is 11.1. The predicted octanol–water partition coefficient (Wildman–Crippen LogP) is 5.87. The van der Waals surface area contributed by atoms with Crippen LogP contribution in [0.3, 0.4) is 0 Å². The van der Waals surface area contributed by atoms with Gasteiger partial charge in [-0.2, -0.15) is 4.31 Å². The average Bonchev–Trinajstić information content (AvgIpc) is 3.38. The summed E-state index contributed by atoms with van der Waals surface area (Å²) in [6.07, 6.45) is 2.14. The van der Waals surface area contributed by atoms with Crippen LogP contribution in [0, 0.1) is 0 Å². The summed E-state index contributed by atoms with van der Waals surface area (Å²) in [5.41, 5.74) is 3.44. The van der Waals surface area contributed by atoms with Crippen LogP contribution in [-0.4, -0.2) is 28.8 Å². The lowest BCUT2D eigenvalue weighted by atomic mass is 10.1. The molecule has 1 aromatic heterocycles. The highest BCUT2D eigenvalue weighted by Crippen LogP contribution is 2.26. The molecule has 3 aromatic carbocycles. The quantitative estimate of drug-likeness (QED) is 0.279. The molecule has 0 bridgehead atoms. The number of carboxylic acids is 1. The Balaban J connectivity index is 1.62. The van der Waals surface area contributed by atoms with Gasteiger partial charge in [-0.05, 0) is 47.4 Å². The highest BCUT2D eigenvalue weighted by atomic mass is 35.5. The molecule has 0 aliphatic heterocycles. The predicted molar refractivity (Wildman–Crippen MR) is 138 cm³/mol. The summed E-state index contributed by atoms with van der Waals surface area (Å²) in [7, 11) is -3.84. The first-order valence-corrected chi connectivity index (χ1v) is 13.6. The highest BCUT2D eigenvalue weighted by Gasteiger charge is 2.25. The van der Waals surface area contributed by atoms with Crippen molar-refractivity contribution in [3.63, 3.8) is 0 Å². The second-order valence-electron chi connectivity index (χ2n) is 7.97. The number of carbonyl (C=O) groups is 1. The molecule has 0 spiro atoms. The van der Waals surface area contributed by atoms with Gasteiger partial charge in [0.25, 0.3) is 0 Å². The number of hydrogen-bond acceptors (Lipinski definition) is 5. The fraction of sp³-hybridized carbons (Fsp3) is 0.154. The topological polar surface area (TPSA) is 87.6 Å². The summed E-state index contributed by atoms with van der Waals surface area (Å²) in [6.45, 7) is 0.308. The van der Waals surface area contributed by atoms with E-state index < -0.39 is 16.0 Å². The van der Waals surface area contributed by atoms with Crippen molar-refractivity contribution in [2.75, 3.05) is 0 Å². The van der Waals surface area contributed by atoms with E-state index >= 15 is 0 Å². The van der Waals surface area contributed by atoms with Gasteiger partial charge in [-0.3, -0.25) is 4.79 Å². The lowest BCUT2D eigenvalue weighted by molar-refractivity contribution is -0.136. The molecule has 4 aromatic rings. The number of thiazole rings is 1. The van der Waals surface area contributed by atoms with E-state index in [1.807, 2.05) is 53.9 Å². The summed E-state index contributed by atoms with van der Waals surface area (Å²) >= 11 is 7.52. The minimum atomic E-state index is -3.84. The number of aliphatic carboxylic acids is 1. The van der Waals surface area contributed by atoms with Crippen LogP contribution in [0.1, 0.15) is 23.1 Å². The van der Waals surface area contributed by atoms with Crippen molar-refractivity contribution >= 4 is 38.9 Å². The van der Waals surface area contributed by atoms with Crippen LogP contribution in [-0.2, 0) is 34.3 Å². The van der Waals surface area contributed by atoms with Crippen LogP contribution >= 0.6 is 22.9 Å². The first-order chi connectivity index (χ1) is 16.8. The van der Waals surface area contributed by atoms with Crippen molar-refractivity contribution in [2.24, 2.45) is 0 Å². The van der Waals surface area contributed by atoms with Gasteiger partial charge in [0.2, 0.25) is 10.0 Å². The van der Waals surface area contributed by atoms with Gasteiger partial charge in [0.1, 0.15) is 5.01 Å². The Morgan fingerprint density at radius 3 is 2.29 bits per heavy atom. The lowest BCUT2D eigenvalue weighted by Crippen LogP contribution is -2.30. The number of aromatic nitrogens is 1.